The Morgan fingerprint density at radius 1 is 0.677 bits per heavy atom. The molecular formula is C46H50N8O6S2. The van der Waals surface area contributed by atoms with E-state index in [2.05, 4.69) is 60.2 Å². The van der Waals surface area contributed by atoms with Gasteiger partial charge in [0.25, 0.3) is 0 Å². The zero-order chi connectivity index (χ0) is 43.3. The van der Waals surface area contributed by atoms with Crippen LogP contribution in [-0.2, 0) is 31.9 Å². The van der Waals surface area contributed by atoms with Crippen LogP contribution in [0.4, 0.5) is 9.59 Å². The van der Waals surface area contributed by atoms with Crippen molar-refractivity contribution in [2.75, 3.05) is 13.1 Å². The number of nitrogens with two attached hydrogens (primary N) is 2. The number of carbonyl (C=O) groups excluding carboxylic acids is 4. The Balaban J connectivity index is 0.918. The summed E-state index contributed by atoms with van der Waals surface area (Å²) < 4.78 is 10.7. The summed E-state index contributed by atoms with van der Waals surface area (Å²) in [5, 5.41) is 3.90. The molecule has 2 aromatic carbocycles. The van der Waals surface area contributed by atoms with Gasteiger partial charge in [-0.15, -0.1) is 22.7 Å². The molecule has 322 valence electrons. The van der Waals surface area contributed by atoms with Crippen molar-refractivity contribution in [1.82, 2.24) is 29.7 Å². The first-order chi connectivity index (χ1) is 30.0. The van der Waals surface area contributed by atoms with Gasteiger partial charge >= 0.3 is 12.2 Å². The maximum absolute atomic E-state index is 13.6. The molecule has 2 saturated heterocycles. The van der Waals surface area contributed by atoms with Gasteiger partial charge in [-0.3, -0.25) is 9.59 Å². The number of H-pyrrole nitrogens is 2. The molecule has 0 radical (unpaired) electrons. The van der Waals surface area contributed by atoms with Gasteiger partial charge in [-0.25, -0.2) is 19.6 Å². The second-order valence-corrected chi connectivity index (χ2v) is 18.0. The van der Waals surface area contributed by atoms with E-state index in [1.165, 1.54) is 0 Å². The lowest BCUT2D eigenvalue weighted by molar-refractivity contribution is -0.135. The van der Waals surface area contributed by atoms with Crippen molar-refractivity contribution in [1.29, 1.82) is 0 Å². The Morgan fingerprint density at radius 3 is 1.65 bits per heavy atom. The second-order valence-electron chi connectivity index (χ2n) is 15.9. The van der Waals surface area contributed by atoms with E-state index in [0.717, 1.165) is 91.9 Å². The summed E-state index contributed by atoms with van der Waals surface area (Å²) in [5.41, 5.74) is 18.9. The first kappa shape index (κ1) is 42.4. The minimum absolute atomic E-state index is 0.0473. The largest absolute Gasteiger partial charge is 0.445 e. The van der Waals surface area contributed by atoms with Gasteiger partial charge in [-0.1, -0.05) is 48.5 Å². The smallest absolute Gasteiger partial charge is 0.404 e. The summed E-state index contributed by atoms with van der Waals surface area (Å²) in [4.78, 5) is 72.6. The van der Waals surface area contributed by atoms with E-state index in [4.69, 9.17) is 30.9 Å². The number of aromatic amines is 2. The Hall–Kier alpha value is -6.26. The summed E-state index contributed by atoms with van der Waals surface area (Å²) in [6, 6.07) is 19.9. The molecule has 6 N–H and O–H groups in total. The van der Waals surface area contributed by atoms with E-state index in [1.54, 1.807) is 22.7 Å². The highest BCUT2D eigenvalue weighted by Crippen LogP contribution is 2.37. The number of carbonyl (C=O) groups is 4. The molecule has 6 heterocycles. The Bertz CT molecular complexity index is 2520. The number of likely N-dealkylation sites (tertiary alicyclic amines) is 2. The highest BCUT2D eigenvalue weighted by atomic mass is 32.1. The van der Waals surface area contributed by atoms with Crippen molar-refractivity contribution in [2.24, 2.45) is 11.5 Å². The number of primary amides is 2. The second kappa shape index (κ2) is 18.8. The van der Waals surface area contributed by atoms with Gasteiger partial charge in [-0.2, -0.15) is 0 Å². The number of imidazole rings is 2. The molecule has 62 heavy (non-hydrogen) atoms. The Kier molecular flexibility index (Phi) is 12.9. The van der Waals surface area contributed by atoms with Crippen LogP contribution >= 0.6 is 22.7 Å². The molecule has 0 saturated carbocycles. The molecule has 4 atom stereocenters. The van der Waals surface area contributed by atoms with Crippen LogP contribution in [0.2, 0.25) is 0 Å². The van der Waals surface area contributed by atoms with Crippen LogP contribution in [0.3, 0.4) is 0 Å². The van der Waals surface area contributed by atoms with E-state index in [-0.39, 0.29) is 36.7 Å². The zero-order valence-electron chi connectivity index (χ0n) is 34.7. The van der Waals surface area contributed by atoms with E-state index in [1.807, 2.05) is 57.2 Å². The van der Waals surface area contributed by atoms with Crippen molar-refractivity contribution in [3.8, 4) is 33.6 Å². The molecule has 0 aliphatic carbocycles. The Morgan fingerprint density at radius 2 is 1.15 bits per heavy atom. The SMILES string of the molecule is Cc1c(-c2ccc(-c3cnc(C4CCCN4C(=O)C[C@@H](Cc4cccs4)OC(N)=O)[nH]3)cc2)ccc(-c2cnc(C3CCCN3C(=O)C[C@@H](Cc3cccs3)OC(N)=O)[nH]2)c1C. The van der Waals surface area contributed by atoms with Crippen LogP contribution in [0.15, 0.2) is 83.8 Å². The average Bonchev–Trinajstić information content (AvgIpc) is 4.09. The molecule has 2 aliphatic rings. The topological polar surface area (TPSA) is 203 Å². The average molecular weight is 875 g/mol. The standard InChI is InChI=1S/C46H50N8O6S2/c1-27-28(2)36(38-26-50-44(52-38)40-10-4-18-54(40)42(56)24-32(60-46(48)58)22-34-8-6-20-62-34)16-15-35(27)29-11-13-30(14-12-29)37-25-49-43(51-37)39-9-3-17-53(39)41(55)23-31(59-45(47)57)21-33-7-5-19-61-33/h5-8,11-16,19-20,25-26,31-32,39-40H,3-4,9-10,17-18,21-24H2,1-2H3,(H2,47,57)(H2,48,58)(H,49,51)(H,50,52)/t31-,32-,39?,40?/m1/s1. The summed E-state index contributed by atoms with van der Waals surface area (Å²) in [6.07, 6.45) is 4.81. The maximum atomic E-state index is 13.6. The maximum Gasteiger partial charge on any atom is 0.404 e. The van der Waals surface area contributed by atoms with Gasteiger partial charge in [0.15, 0.2) is 0 Å². The number of amides is 4. The predicted molar refractivity (Wildman–Crippen MR) is 238 cm³/mol. The number of nitrogens with one attached hydrogen (secondary N) is 2. The highest BCUT2D eigenvalue weighted by molar-refractivity contribution is 7.10. The predicted octanol–water partition coefficient (Wildman–Crippen LogP) is 8.39. The van der Waals surface area contributed by atoms with Crippen LogP contribution in [0.25, 0.3) is 33.6 Å². The molecule has 4 amide bonds. The highest BCUT2D eigenvalue weighted by Gasteiger charge is 2.35. The molecule has 8 rings (SSSR count). The molecule has 16 heteroatoms. The van der Waals surface area contributed by atoms with Gasteiger partial charge in [0, 0.05) is 41.2 Å². The first-order valence-electron chi connectivity index (χ1n) is 20.9. The third kappa shape index (κ3) is 9.61. The fourth-order valence-electron chi connectivity index (χ4n) is 8.82. The summed E-state index contributed by atoms with van der Waals surface area (Å²) in [5.74, 6) is 1.26. The Labute approximate surface area is 367 Å². The lowest BCUT2D eigenvalue weighted by Crippen LogP contribution is -2.36. The third-order valence-corrected chi connectivity index (χ3v) is 13.7. The lowest BCUT2D eigenvalue weighted by Gasteiger charge is -2.25. The number of benzene rings is 2. The molecular weight excluding hydrogens is 825 g/mol. The normalized spacial score (nSPS) is 17.3. The number of hydrogen-bond acceptors (Lipinski definition) is 10. The van der Waals surface area contributed by atoms with E-state index in [9.17, 15) is 19.2 Å². The quantitative estimate of drug-likeness (QED) is 0.0787. The van der Waals surface area contributed by atoms with Gasteiger partial charge in [0.2, 0.25) is 11.8 Å². The van der Waals surface area contributed by atoms with Crippen molar-refractivity contribution in [3.63, 3.8) is 0 Å². The van der Waals surface area contributed by atoms with Crippen molar-refractivity contribution in [3.05, 3.63) is 116 Å². The molecule has 2 fully saturated rings. The molecule has 6 aromatic rings. The number of nitrogens with zero attached hydrogens (tertiary/aromatic N) is 4. The number of thiophene rings is 2. The fourth-order valence-corrected chi connectivity index (χ4v) is 10.4. The molecule has 4 aromatic heterocycles. The number of rotatable bonds is 15. The molecule has 0 spiro atoms. The van der Waals surface area contributed by atoms with Crippen molar-refractivity contribution in [2.45, 2.75) is 89.5 Å². The van der Waals surface area contributed by atoms with Gasteiger partial charge in [0.05, 0.1) is 48.7 Å². The zero-order valence-corrected chi connectivity index (χ0v) is 36.3. The number of ether oxygens (including phenoxy) is 2. The number of hydrogen-bond donors (Lipinski definition) is 4. The van der Waals surface area contributed by atoms with Crippen molar-refractivity contribution < 1.29 is 28.7 Å². The van der Waals surface area contributed by atoms with Gasteiger partial charge < -0.3 is 40.7 Å². The number of aromatic nitrogens is 4. The van der Waals surface area contributed by atoms with Gasteiger partial charge in [0.1, 0.15) is 23.9 Å². The summed E-state index contributed by atoms with van der Waals surface area (Å²) in [7, 11) is 0. The summed E-state index contributed by atoms with van der Waals surface area (Å²) >= 11 is 3.10. The molecule has 0 bridgehead atoms. The van der Waals surface area contributed by atoms with Crippen LogP contribution < -0.4 is 11.5 Å². The molecule has 2 aliphatic heterocycles. The van der Waals surface area contributed by atoms with Crippen LogP contribution in [0.5, 0.6) is 0 Å². The van der Waals surface area contributed by atoms with E-state index < -0.39 is 24.4 Å². The summed E-state index contributed by atoms with van der Waals surface area (Å²) in [6.45, 7) is 5.43. The van der Waals surface area contributed by atoms with Crippen molar-refractivity contribution >= 4 is 46.7 Å². The molecule has 2 unspecified atom stereocenters. The monoisotopic (exact) mass is 874 g/mol. The minimum Gasteiger partial charge on any atom is -0.445 e. The van der Waals surface area contributed by atoms with E-state index in [0.29, 0.717) is 25.9 Å². The molecule has 14 nitrogen and oxygen atoms in total. The minimum atomic E-state index is -0.889. The van der Waals surface area contributed by atoms with E-state index >= 15 is 0 Å². The van der Waals surface area contributed by atoms with Crippen LogP contribution in [0, 0.1) is 13.8 Å². The lowest BCUT2D eigenvalue weighted by atomic mass is 9.92. The third-order valence-electron chi connectivity index (χ3n) is 11.9. The van der Waals surface area contributed by atoms with Crippen LogP contribution in [-0.4, -0.2) is 79.0 Å². The van der Waals surface area contributed by atoms with Gasteiger partial charge in [-0.05, 0) is 90.2 Å². The van der Waals surface area contributed by atoms with Crippen LogP contribution in [0.1, 0.15) is 83.1 Å². The fraction of sp³-hybridized carbons (Fsp3) is 0.348. The first-order valence-corrected chi connectivity index (χ1v) is 22.6.